The van der Waals surface area contributed by atoms with E-state index in [-0.39, 0.29) is 0 Å². The Morgan fingerprint density at radius 2 is 1.77 bits per heavy atom. The van der Waals surface area contributed by atoms with Gasteiger partial charge in [0.2, 0.25) is 0 Å². The van der Waals surface area contributed by atoms with Gasteiger partial charge in [0.1, 0.15) is 5.75 Å². The van der Waals surface area contributed by atoms with Crippen molar-refractivity contribution in [3.05, 3.63) is 46.7 Å². The van der Waals surface area contributed by atoms with Crippen LogP contribution in [-0.4, -0.2) is 24.8 Å². The SMILES string of the molecule is COc1ccccc1NC(=O)C(=O)NNC(=O)c1cccs1. The summed E-state index contributed by atoms with van der Waals surface area (Å²) in [5.74, 6) is -1.98. The average Bonchev–Trinajstić information content (AvgIpc) is 3.07. The van der Waals surface area contributed by atoms with Gasteiger partial charge in [0, 0.05) is 0 Å². The number of nitrogens with one attached hydrogen (secondary N) is 3. The molecule has 114 valence electrons. The lowest BCUT2D eigenvalue weighted by Gasteiger charge is -2.10. The van der Waals surface area contributed by atoms with E-state index in [1.54, 1.807) is 41.8 Å². The minimum absolute atomic E-state index is 0.356. The summed E-state index contributed by atoms with van der Waals surface area (Å²) in [4.78, 5) is 35.4. The molecule has 0 aliphatic rings. The highest BCUT2D eigenvalue weighted by atomic mass is 32.1. The van der Waals surface area contributed by atoms with E-state index in [0.717, 1.165) is 0 Å². The third kappa shape index (κ3) is 3.83. The maximum absolute atomic E-state index is 11.8. The second kappa shape index (κ2) is 7.23. The van der Waals surface area contributed by atoms with Crippen LogP contribution in [0.1, 0.15) is 9.67 Å². The van der Waals surface area contributed by atoms with Crippen LogP contribution in [0, 0.1) is 0 Å². The van der Waals surface area contributed by atoms with E-state index in [9.17, 15) is 14.4 Å². The second-order valence-electron chi connectivity index (χ2n) is 4.04. The van der Waals surface area contributed by atoms with Crippen molar-refractivity contribution in [3.8, 4) is 5.75 Å². The van der Waals surface area contributed by atoms with Gasteiger partial charge in [0.15, 0.2) is 0 Å². The zero-order valence-corrected chi connectivity index (χ0v) is 12.4. The highest BCUT2D eigenvalue weighted by molar-refractivity contribution is 7.12. The minimum Gasteiger partial charge on any atom is -0.495 e. The van der Waals surface area contributed by atoms with E-state index in [0.29, 0.717) is 16.3 Å². The van der Waals surface area contributed by atoms with Crippen LogP contribution in [0.5, 0.6) is 5.75 Å². The van der Waals surface area contributed by atoms with Crippen molar-refractivity contribution in [3.63, 3.8) is 0 Å². The fourth-order valence-corrected chi connectivity index (χ4v) is 2.19. The standard InChI is InChI=1S/C14H13N3O4S/c1-21-10-6-3-2-5-9(10)15-13(19)14(20)17-16-12(18)11-7-4-8-22-11/h2-8H,1H3,(H,15,19)(H,16,18)(H,17,20). The fourth-order valence-electron chi connectivity index (χ4n) is 1.57. The molecule has 3 N–H and O–H groups in total. The molecule has 0 bridgehead atoms. The summed E-state index contributed by atoms with van der Waals surface area (Å²) in [7, 11) is 1.45. The fraction of sp³-hybridized carbons (Fsp3) is 0.0714. The number of amides is 3. The first-order chi connectivity index (χ1) is 10.6. The van der Waals surface area contributed by atoms with Crippen molar-refractivity contribution in [2.24, 2.45) is 0 Å². The molecule has 0 aliphatic heterocycles. The Labute approximate surface area is 130 Å². The highest BCUT2D eigenvalue weighted by Crippen LogP contribution is 2.22. The average molecular weight is 319 g/mol. The number of benzene rings is 1. The van der Waals surface area contributed by atoms with Gasteiger partial charge >= 0.3 is 11.8 Å². The lowest BCUT2D eigenvalue weighted by atomic mass is 10.3. The van der Waals surface area contributed by atoms with Crippen molar-refractivity contribution in [2.45, 2.75) is 0 Å². The molecule has 1 heterocycles. The van der Waals surface area contributed by atoms with Crippen LogP contribution in [-0.2, 0) is 9.59 Å². The van der Waals surface area contributed by atoms with E-state index in [4.69, 9.17) is 4.74 Å². The molecule has 8 heteroatoms. The molecule has 3 amide bonds. The summed E-state index contributed by atoms with van der Waals surface area (Å²) < 4.78 is 5.06. The Kier molecular flexibility index (Phi) is 5.10. The summed E-state index contributed by atoms with van der Waals surface area (Å²) in [6.45, 7) is 0. The van der Waals surface area contributed by atoms with Crippen LogP contribution in [0.3, 0.4) is 0 Å². The van der Waals surface area contributed by atoms with Crippen LogP contribution < -0.4 is 20.9 Å². The van der Waals surface area contributed by atoms with Crippen LogP contribution >= 0.6 is 11.3 Å². The molecule has 0 unspecified atom stereocenters. The third-order valence-electron chi connectivity index (χ3n) is 2.60. The summed E-state index contributed by atoms with van der Waals surface area (Å²) in [5.41, 5.74) is 4.56. The Bertz CT molecular complexity index is 685. The summed E-state index contributed by atoms with van der Waals surface area (Å²) >= 11 is 1.22. The third-order valence-corrected chi connectivity index (χ3v) is 3.46. The van der Waals surface area contributed by atoms with Crippen molar-refractivity contribution >= 4 is 34.7 Å². The van der Waals surface area contributed by atoms with Gasteiger partial charge in [0.05, 0.1) is 17.7 Å². The van der Waals surface area contributed by atoms with Crippen molar-refractivity contribution in [1.29, 1.82) is 0 Å². The Morgan fingerprint density at radius 3 is 2.45 bits per heavy atom. The summed E-state index contributed by atoms with van der Waals surface area (Å²) in [6.07, 6.45) is 0. The maximum atomic E-state index is 11.8. The first-order valence-corrected chi connectivity index (χ1v) is 7.08. The van der Waals surface area contributed by atoms with Gasteiger partial charge in [-0.15, -0.1) is 11.3 Å². The van der Waals surface area contributed by atoms with Gasteiger partial charge in [-0.2, -0.15) is 0 Å². The molecular weight excluding hydrogens is 306 g/mol. The quantitative estimate of drug-likeness (QED) is 0.584. The van der Waals surface area contributed by atoms with Gasteiger partial charge in [-0.3, -0.25) is 25.2 Å². The van der Waals surface area contributed by atoms with Gasteiger partial charge in [0.25, 0.3) is 5.91 Å². The molecule has 0 spiro atoms. The van der Waals surface area contributed by atoms with E-state index >= 15 is 0 Å². The number of carbonyl (C=O) groups is 3. The van der Waals surface area contributed by atoms with Crippen molar-refractivity contribution in [1.82, 2.24) is 10.9 Å². The number of methoxy groups -OCH3 is 1. The molecule has 0 fully saturated rings. The number of hydrogen-bond donors (Lipinski definition) is 3. The molecule has 7 nitrogen and oxygen atoms in total. The molecule has 2 rings (SSSR count). The first-order valence-electron chi connectivity index (χ1n) is 6.20. The van der Waals surface area contributed by atoms with Crippen LogP contribution in [0.15, 0.2) is 41.8 Å². The zero-order chi connectivity index (χ0) is 15.9. The lowest BCUT2D eigenvalue weighted by molar-refractivity contribution is -0.136. The molecule has 2 aromatic rings. The second-order valence-corrected chi connectivity index (χ2v) is 4.99. The number of hydrogen-bond acceptors (Lipinski definition) is 5. The highest BCUT2D eigenvalue weighted by Gasteiger charge is 2.16. The largest absolute Gasteiger partial charge is 0.495 e. The van der Waals surface area contributed by atoms with Crippen molar-refractivity contribution in [2.75, 3.05) is 12.4 Å². The molecule has 0 radical (unpaired) electrons. The van der Waals surface area contributed by atoms with E-state index in [1.807, 2.05) is 5.43 Å². The smallest absolute Gasteiger partial charge is 0.328 e. The number of para-hydroxylation sites is 2. The number of carbonyl (C=O) groups excluding carboxylic acids is 3. The minimum atomic E-state index is -0.990. The summed E-state index contributed by atoms with van der Waals surface area (Å²) in [6, 6.07) is 9.96. The summed E-state index contributed by atoms with van der Waals surface area (Å²) in [5, 5.41) is 4.12. The number of anilines is 1. The topological polar surface area (TPSA) is 96.5 Å². The predicted octanol–water partition coefficient (Wildman–Crippen LogP) is 1.16. The number of hydrazine groups is 1. The Hall–Kier alpha value is -2.87. The van der Waals surface area contributed by atoms with Gasteiger partial charge in [-0.25, -0.2) is 0 Å². The molecule has 1 aromatic carbocycles. The van der Waals surface area contributed by atoms with Gasteiger partial charge < -0.3 is 10.1 Å². The molecule has 0 saturated carbocycles. The van der Waals surface area contributed by atoms with Crippen LogP contribution in [0.25, 0.3) is 0 Å². The number of ether oxygens (including phenoxy) is 1. The molecule has 1 aromatic heterocycles. The first kappa shape index (κ1) is 15.5. The lowest BCUT2D eigenvalue weighted by Crippen LogP contribution is -2.46. The molecule has 0 aliphatic carbocycles. The van der Waals surface area contributed by atoms with Crippen molar-refractivity contribution < 1.29 is 19.1 Å². The van der Waals surface area contributed by atoms with Crippen LogP contribution in [0.4, 0.5) is 5.69 Å². The zero-order valence-electron chi connectivity index (χ0n) is 11.6. The number of thiophene rings is 1. The molecule has 0 saturated heterocycles. The van der Waals surface area contributed by atoms with E-state index < -0.39 is 17.7 Å². The van der Waals surface area contributed by atoms with E-state index in [1.165, 1.54) is 18.4 Å². The van der Waals surface area contributed by atoms with Gasteiger partial charge in [-0.05, 0) is 23.6 Å². The number of rotatable bonds is 3. The Morgan fingerprint density at radius 1 is 1.00 bits per heavy atom. The molecular formula is C14H13N3O4S. The Balaban J connectivity index is 1.90. The molecule has 22 heavy (non-hydrogen) atoms. The molecule has 0 atom stereocenters. The van der Waals surface area contributed by atoms with Gasteiger partial charge in [-0.1, -0.05) is 18.2 Å². The normalized spacial score (nSPS) is 9.68. The maximum Gasteiger partial charge on any atom is 0.328 e. The van der Waals surface area contributed by atoms with Crippen LogP contribution in [0.2, 0.25) is 0 Å². The van der Waals surface area contributed by atoms with E-state index in [2.05, 4.69) is 10.7 Å². The monoisotopic (exact) mass is 319 g/mol. The predicted molar refractivity (Wildman–Crippen MR) is 81.6 cm³/mol.